The molecule has 21 heavy (non-hydrogen) atoms. The molecule has 112 valence electrons. The summed E-state index contributed by atoms with van der Waals surface area (Å²) >= 11 is 0. The van der Waals surface area contributed by atoms with Gasteiger partial charge in [0.25, 0.3) is 5.69 Å². The van der Waals surface area contributed by atoms with Crippen LogP contribution in [0, 0.1) is 16.0 Å². The monoisotopic (exact) mass is 292 g/mol. The quantitative estimate of drug-likeness (QED) is 0.537. The first-order valence-electron chi connectivity index (χ1n) is 6.71. The molecular formula is C13H16N4O4. The van der Waals surface area contributed by atoms with Crippen molar-refractivity contribution in [2.75, 3.05) is 11.9 Å². The molecule has 2 aliphatic rings. The maximum atomic E-state index is 11.2. The minimum Gasteiger partial charge on any atom is -0.376 e. The van der Waals surface area contributed by atoms with Gasteiger partial charge in [0.2, 0.25) is 5.91 Å². The maximum absolute atomic E-state index is 11.2. The molecule has 2 fully saturated rings. The summed E-state index contributed by atoms with van der Waals surface area (Å²) in [7, 11) is 0. The summed E-state index contributed by atoms with van der Waals surface area (Å²) in [5, 5.41) is 14.1. The van der Waals surface area contributed by atoms with E-state index in [1.165, 1.54) is 18.2 Å². The second-order valence-electron chi connectivity index (χ2n) is 5.39. The van der Waals surface area contributed by atoms with Gasteiger partial charge in [0.15, 0.2) is 0 Å². The second kappa shape index (κ2) is 4.97. The van der Waals surface area contributed by atoms with Crippen LogP contribution in [-0.2, 0) is 4.74 Å². The number of hydrogen-bond donors (Lipinski definition) is 3. The third kappa shape index (κ3) is 2.22. The number of carbonyl (C=O) groups excluding carboxylic acids is 1. The SMILES string of the molecule is NC(=O)c1ccc([N+](=O)[O-])c(NC2C(N)C3CCOC32)c1. The van der Waals surface area contributed by atoms with E-state index in [2.05, 4.69) is 5.32 Å². The Kier molecular flexibility index (Phi) is 3.26. The third-order valence-corrected chi connectivity index (χ3v) is 4.25. The first-order chi connectivity index (χ1) is 9.99. The van der Waals surface area contributed by atoms with Gasteiger partial charge in [0.1, 0.15) is 5.69 Å². The summed E-state index contributed by atoms with van der Waals surface area (Å²) in [6.45, 7) is 0.657. The van der Waals surface area contributed by atoms with Crippen LogP contribution in [0.25, 0.3) is 0 Å². The Balaban J connectivity index is 1.88. The van der Waals surface area contributed by atoms with Crippen LogP contribution >= 0.6 is 0 Å². The number of hydrogen-bond acceptors (Lipinski definition) is 6. The van der Waals surface area contributed by atoms with Crippen molar-refractivity contribution in [3.05, 3.63) is 33.9 Å². The number of nitrogens with zero attached hydrogens (tertiary/aromatic N) is 1. The minimum absolute atomic E-state index is 0.0307. The first-order valence-corrected chi connectivity index (χ1v) is 6.71. The second-order valence-corrected chi connectivity index (χ2v) is 5.39. The number of nitrogens with two attached hydrogens (primary N) is 2. The molecule has 1 aliphatic carbocycles. The number of anilines is 1. The average molecular weight is 292 g/mol. The molecule has 1 amide bonds. The molecular weight excluding hydrogens is 276 g/mol. The Labute approximate surface area is 120 Å². The highest BCUT2D eigenvalue weighted by Gasteiger charge is 2.52. The molecule has 1 aliphatic heterocycles. The van der Waals surface area contributed by atoms with Crippen LogP contribution in [0.3, 0.4) is 0 Å². The molecule has 8 nitrogen and oxygen atoms in total. The van der Waals surface area contributed by atoms with Crippen LogP contribution in [0.4, 0.5) is 11.4 Å². The highest BCUT2D eigenvalue weighted by atomic mass is 16.6. The van der Waals surface area contributed by atoms with Gasteiger partial charge in [-0.3, -0.25) is 14.9 Å². The minimum atomic E-state index is -0.638. The lowest BCUT2D eigenvalue weighted by atomic mass is 9.72. The number of nitrogens with one attached hydrogen (secondary N) is 1. The number of nitro groups is 1. The molecule has 0 aromatic heterocycles. The zero-order chi connectivity index (χ0) is 15.1. The van der Waals surface area contributed by atoms with Gasteiger partial charge in [0, 0.05) is 30.2 Å². The number of amides is 1. The van der Waals surface area contributed by atoms with Crippen LogP contribution in [0.15, 0.2) is 18.2 Å². The lowest BCUT2D eigenvalue weighted by Gasteiger charge is -2.46. The van der Waals surface area contributed by atoms with Gasteiger partial charge >= 0.3 is 0 Å². The predicted molar refractivity (Wildman–Crippen MR) is 74.8 cm³/mol. The van der Waals surface area contributed by atoms with Crippen LogP contribution in [0.2, 0.25) is 0 Å². The maximum Gasteiger partial charge on any atom is 0.292 e. The van der Waals surface area contributed by atoms with Crippen LogP contribution < -0.4 is 16.8 Å². The Morgan fingerprint density at radius 3 is 2.90 bits per heavy atom. The van der Waals surface area contributed by atoms with E-state index in [-0.39, 0.29) is 35.1 Å². The van der Waals surface area contributed by atoms with Crippen molar-refractivity contribution in [3.8, 4) is 0 Å². The smallest absolute Gasteiger partial charge is 0.292 e. The van der Waals surface area contributed by atoms with Crippen molar-refractivity contribution < 1.29 is 14.5 Å². The van der Waals surface area contributed by atoms with Gasteiger partial charge in [0.05, 0.1) is 17.1 Å². The van der Waals surface area contributed by atoms with Crippen molar-refractivity contribution in [1.29, 1.82) is 0 Å². The first kappa shape index (κ1) is 13.8. The molecule has 1 saturated heterocycles. The lowest BCUT2D eigenvalue weighted by molar-refractivity contribution is -0.384. The van der Waals surface area contributed by atoms with Crippen molar-refractivity contribution in [2.45, 2.75) is 24.6 Å². The fourth-order valence-corrected chi connectivity index (χ4v) is 3.07. The van der Waals surface area contributed by atoms with Gasteiger partial charge < -0.3 is 21.5 Å². The molecule has 1 aromatic rings. The largest absolute Gasteiger partial charge is 0.376 e. The number of ether oxygens (including phenoxy) is 1. The number of primary amides is 1. The molecule has 5 N–H and O–H groups in total. The highest BCUT2D eigenvalue weighted by molar-refractivity contribution is 5.94. The predicted octanol–water partition coefficient (Wildman–Crippen LogP) is 0.220. The van der Waals surface area contributed by atoms with E-state index in [0.29, 0.717) is 12.5 Å². The lowest BCUT2D eigenvalue weighted by Crippen LogP contribution is -2.65. The van der Waals surface area contributed by atoms with Crippen LogP contribution in [0.1, 0.15) is 16.8 Å². The highest BCUT2D eigenvalue weighted by Crippen LogP contribution is 2.40. The molecule has 1 saturated carbocycles. The molecule has 1 aromatic carbocycles. The number of carbonyl (C=O) groups is 1. The molecule has 3 rings (SSSR count). The normalized spacial score (nSPS) is 30.3. The van der Waals surface area contributed by atoms with E-state index in [9.17, 15) is 14.9 Å². The van der Waals surface area contributed by atoms with Gasteiger partial charge in [-0.05, 0) is 18.6 Å². The Bertz CT molecular complexity index is 606. The zero-order valence-corrected chi connectivity index (χ0v) is 11.2. The van der Waals surface area contributed by atoms with E-state index in [1.54, 1.807) is 0 Å². The van der Waals surface area contributed by atoms with Gasteiger partial charge in [-0.2, -0.15) is 0 Å². The molecule has 0 radical (unpaired) electrons. The van der Waals surface area contributed by atoms with E-state index in [1.807, 2.05) is 0 Å². The topological polar surface area (TPSA) is 134 Å². The number of nitro benzene ring substituents is 1. The van der Waals surface area contributed by atoms with Crippen LogP contribution in [0.5, 0.6) is 0 Å². The van der Waals surface area contributed by atoms with Crippen molar-refractivity contribution in [3.63, 3.8) is 0 Å². The molecule has 1 heterocycles. The molecule has 8 heteroatoms. The van der Waals surface area contributed by atoms with Crippen molar-refractivity contribution in [2.24, 2.45) is 17.4 Å². The molecule has 4 unspecified atom stereocenters. The Hall–Kier alpha value is -2.19. The van der Waals surface area contributed by atoms with Crippen molar-refractivity contribution in [1.82, 2.24) is 0 Å². The number of benzene rings is 1. The van der Waals surface area contributed by atoms with E-state index >= 15 is 0 Å². The van der Waals surface area contributed by atoms with E-state index < -0.39 is 10.8 Å². The van der Waals surface area contributed by atoms with E-state index in [4.69, 9.17) is 16.2 Å². The Morgan fingerprint density at radius 1 is 1.48 bits per heavy atom. The van der Waals surface area contributed by atoms with Gasteiger partial charge in [-0.25, -0.2) is 0 Å². The summed E-state index contributed by atoms with van der Waals surface area (Å²) in [6.07, 6.45) is 0.879. The summed E-state index contributed by atoms with van der Waals surface area (Å²) in [4.78, 5) is 21.8. The standard InChI is InChI=1S/C13H16N4O4/c14-10-7-3-4-21-12(7)11(10)16-8-5-6(13(15)18)1-2-9(8)17(19)20/h1-2,5,7,10-12,16H,3-4,14H2,(H2,15,18). The number of rotatable bonds is 4. The Morgan fingerprint density at radius 2 is 2.24 bits per heavy atom. The van der Waals surface area contributed by atoms with Crippen LogP contribution in [-0.4, -0.2) is 35.6 Å². The summed E-state index contributed by atoms with van der Waals surface area (Å²) < 4.78 is 5.58. The summed E-state index contributed by atoms with van der Waals surface area (Å²) in [5.74, 6) is -0.346. The summed E-state index contributed by atoms with van der Waals surface area (Å²) in [5.41, 5.74) is 11.6. The molecule has 0 spiro atoms. The van der Waals surface area contributed by atoms with Gasteiger partial charge in [-0.1, -0.05) is 0 Å². The number of fused-ring (bicyclic) bond motifs is 1. The third-order valence-electron chi connectivity index (χ3n) is 4.25. The fourth-order valence-electron chi connectivity index (χ4n) is 3.07. The fraction of sp³-hybridized carbons (Fsp3) is 0.462. The zero-order valence-electron chi connectivity index (χ0n) is 11.2. The van der Waals surface area contributed by atoms with Crippen molar-refractivity contribution >= 4 is 17.3 Å². The van der Waals surface area contributed by atoms with E-state index in [0.717, 1.165) is 6.42 Å². The average Bonchev–Trinajstić information content (AvgIpc) is 2.88. The summed E-state index contributed by atoms with van der Waals surface area (Å²) in [6, 6.07) is 3.67. The molecule has 0 bridgehead atoms. The van der Waals surface area contributed by atoms with Gasteiger partial charge in [-0.15, -0.1) is 0 Å². The molecule has 4 atom stereocenters.